The number of H-pyrrole nitrogens is 1. The van der Waals surface area contributed by atoms with Gasteiger partial charge in [0.15, 0.2) is 4.77 Å². The zero-order chi connectivity index (χ0) is 18.1. The first-order valence-electron chi connectivity index (χ1n) is 8.72. The van der Waals surface area contributed by atoms with E-state index < -0.39 is 0 Å². The van der Waals surface area contributed by atoms with Crippen molar-refractivity contribution in [1.82, 2.24) is 14.9 Å². The van der Waals surface area contributed by atoms with Gasteiger partial charge in [-0.2, -0.15) is 0 Å². The van der Waals surface area contributed by atoms with E-state index in [-0.39, 0.29) is 28.8 Å². The molecule has 1 aliphatic rings. The first-order valence-corrected chi connectivity index (χ1v) is 9.13. The quantitative estimate of drug-likeness (QED) is 0.700. The van der Waals surface area contributed by atoms with E-state index in [1.54, 1.807) is 18.2 Å². The molecule has 0 bridgehead atoms. The maximum Gasteiger partial charge on any atom is 0.262 e. The van der Waals surface area contributed by atoms with Crippen LogP contribution < -0.4 is 10.9 Å². The third kappa shape index (κ3) is 3.08. The molecule has 5 nitrogen and oxygen atoms in total. The molecule has 0 radical (unpaired) electrons. The Hall–Kier alpha value is -2.73. The van der Waals surface area contributed by atoms with Gasteiger partial charge in [0.05, 0.1) is 16.9 Å². The smallest absolute Gasteiger partial charge is 0.262 e. The SMILES string of the molecule is O=C(Cn1c(=S)[nH]c2ccccc2c1=O)N[C@H]1CCCc2ccccc21. The average molecular weight is 365 g/mol. The lowest BCUT2D eigenvalue weighted by molar-refractivity contribution is -0.122. The zero-order valence-corrected chi connectivity index (χ0v) is 15.0. The lowest BCUT2D eigenvalue weighted by Crippen LogP contribution is -2.36. The minimum absolute atomic E-state index is 0.0128. The topological polar surface area (TPSA) is 66.9 Å². The molecule has 6 heteroatoms. The summed E-state index contributed by atoms with van der Waals surface area (Å²) < 4.78 is 1.58. The monoisotopic (exact) mass is 365 g/mol. The number of carbonyl (C=O) groups is 1. The van der Waals surface area contributed by atoms with E-state index in [1.807, 2.05) is 18.2 Å². The summed E-state index contributed by atoms with van der Waals surface area (Å²) in [6.07, 6.45) is 2.98. The second-order valence-corrected chi connectivity index (χ2v) is 6.96. The van der Waals surface area contributed by atoms with Gasteiger partial charge in [-0.1, -0.05) is 36.4 Å². The molecule has 1 amide bonds. The first-order chi connectivity index (χ1) is 12.6. The molecule has 1 aliphatic carbocycles. The molecule has 4 rings (SSSR count). The second-order valence-electron chi connectivity index (χ2n) is 6.58. The van der Waals surface area contributed by atoms with E-state index in [0.29, 0.717) is 10.9 Å². The van der Waals surface area contributed by atoms with Gasteiger partial charge in [0, 0.05) is 0 Å². The fourth-order valence-electron chi connectivity index (χ4n) is 3.63. The van der Waals surface area contributed by atoms with Gasteiger partial charge in [-0.3, -0.25) is 14.2 Å². The van der Waals surface area contributed by atoms with Crippen LogP contribution in [0.15, 0.2) is 53.3 Å². The van der Waals surface area contributed by atoms with Crippen LogP contribution in [0.3, 0.4) is 0 Å². The predicted molar refractivity (Wildman–Crippen MR) is 104 cm³/mol. The lowest BCUT2D eigenvalue weighted by atomic mass is 9.88. The second kappa shape index (κ2) is 6.88. The van der Waals surface area contributed by atoms with Crippen molar-refractivity contribution in [1.29, 1.82) is 0 Å². The molecule has 1 atom stereocenters. The van der Waals surface area contributed by atoms with E-state index in [4.69, 9.17) is 12.2 Å². The van der Waals surface area contributed by atoms with Crippen molar-refractivity contribution < 1.29 is 4.79 Å². The maximum atomic E-state index is 12.7. The van der Waals surface area contributed by atoms with Crippen molar-refractivity contribution >= 4 is 29.0 Å². The number of nitrogens with one attached hydrogen (secondary N) is 2. The molecule has 26 heavy (non-hydrogen) atoms. The Bertz CT molecular complexity index is 1100. The minimum atomic E-state index is -0.247. The minimum Gasteiger partial charge on any atom is -0.348 e. The Balaban J connectivity index is 1.59. The molecule has 0 fully saturated rings. The fourth-order valence-corrected chi connectivity index (χ4v) is 3.89. The summed E-state index contributed by atoms with van der Waals surface area (Å²) in [4.78, 5) is 28.3. The number of fused-ring (bicyclic) bond motifs is 2. The summed E-state index contributed by atoms with van der Waals surface area (Å²) >= 11 is 5.28. The van der Waals surface area contributed by atoms with E-state index in [0.717, 1.165) is 19.3 Å². The van der Waals surface area contributed by atoms with Crippen molar-refractivity contribution in [3.8, 4) is 0 Å². The third-order valence-electron chi connectivity index (χ3n) is 4.90. The molecule has 0 spiro atoms. The molecule has 0 aliphatic heterocycles. The molecule has 0 saturated heterocycles. The zero-order valence-electron chi connectivity index (χ0n) is 14.2. The van der Waals surface area contributed by atoms with Gasteiger partial charge in [0.1, 0.15) is 6.54 Å². The van der Waals surface area contributed by atoms with Crippen LogP contribution in [0.2, 0.25) is 0 Å². The largest absolute Gasteiger partial charge is 0.348 e. The van der Waals surface area contributed by atoms with Crippen LogP contribution in [0.5, 0.6) is 0 Å². The van der Waals surface area contributed by atoms with Crippen LogP contribution in [-0.2, 0) is 17.8 Å². The molecule has 2 N–H and O–H groups in total. The molecule has 132 valence electrons. The molecule has 3 aromatic rings. The number of hydrogen-bond acceptors (Lipinski definition) is 3. The van der Waals surface area contributed by atoms with E-state index in [1.165, 1.54) is 15.7 Å². The van der Waals surface area contributed by atoms with Crippen LogP contribution >= 0.6 is 12.2 Å². The Labute approximate surface area is 155 Å². The third-order valence-corrected chi connectivity index (χ3v) is 5.22. The van der Waals surface area contributed by atoms with E-state index >= 15 is 0 Å². The van der Waals surface area contributed by atoms with Crippen molar-refractivity contribution in [2.24, 2.45) is 0 Å². The van der Waals surface area contributed by atoms with Gasteiger partial charge < -0.3 is 10.3 Å². The van der Waals surface area contributed by atoms with Gasteiger partial charge in [0.25, 0.3) is 5.56 Å². The number of rotatable bonds is 3. The number of para-hydroxylation sites is 1. The van der Waals surface area contributed by atoms with Gasteiger partial charge in [0.2, 0.25) is 5.91 Å². The van der Waals surface area contributed by atoms with Crippen LogP contribution in [0.4, 0.5) is 0 Å². The highest BCUT2D eigenvalue weighted by molar-refractivity contribution is 7.71. The van der Waals surface area contributed by atoms with Crippen LogP contribution in [0.25, 0.3) is 10.9 Å². The highest BCUT2D eigenvalue weighted by Crippen LogP contribution is 2.29. The molecular weight excluding hydrogens is 346 g/mol. The van der Waals surface area contributed by atoms with Crippen LogP contribution in [0.1, 0.15) is 30.0 Å². The molecule has 1 aromatic heterocycles. The number of hydrogen-bond donors (Lipinski definition) is 2. The number of nitrogens with zero attached hydrogens (tertiary/aromatic N) is 1. The van der Waals surface area contributed by atoms with E-state index in [9.17, 15) is 9.59 Å². The molecule has 0 saturated carbocycles. The summed E-state index contributed by atoms with van der Waals surface area (Å²) in [6.45, 7) is -0.0856. The number of benzene rings is 2. The fraction of sp³-hybridized carbons (Fsp3) is 0.250. The number of aromatic amines is 1. The molecule has 2 aromatic carbocycles. The first kappa shape index (κ1) is 16.7. The Morgan fingerprint density at radius 1 is 1.19 bits per heavy atom. The summed E-state index contributed by atoms with van der Waals surface area (Å²) in [5.74, 6) is -0.205. The van der Waals surface area contributed by atoms with Crippen molar-refractivity contribution in [3.05, 3.63) is 74.8 Å². The van der Waals surface area contributed by atoms with Crippen LogP contribution in [-0.4, -0.2) is 15.5 Å². The normalized spacial score (nSPS) is 16.2. The Kier molecular flexibility index (Phi) is 4.42. The summed E-state index contributed by atoms with van der Waals surface area (Å²) in [6, 6.07) is 15.3. The van der Waals surface area contributed by atoms with Crippen molar-refractivity contribution in [2.75, 3.05) is 0 Å². The summed E-state index contributed by atoms with van der Waals surface area (Å²) in [5, 5.41) is 3.59. The van der Waals surface area contributed by atoms with Crippen molar-refractivity contribution in [3.63, 3.8) is 0 Å². The molecular formula is C20H19N3O2S. The van der Waals surface area contributed by atoms with E-state index in [2.05, 4.69) is 22.4 Å². The summed E-state index contributed by atoms with van der Waals surface area (Å²) in [7, 11) is 0. The van der Waals surface area contributed by atoms with Gasteiger partial charge in [-0.25, -0.2) is 0 Å². The highest BCUT2D eigenvalue weighted by Gasteiger charge is 2.21. The van der Waals surface area contributed by atoms with Crippen molar-refractivity contribution in [2.45, 2.75) is 31.8 Å². The number of aromatic nitrogens is 2. The molecule has 0 unspecified atom stereocenters. The van der Waals surface area contributed by atoms with Gasteiger partial charge in [-0.05, 0) is 54.7 Å². The predicted octanol–water partition coefficient (Wildman–Crippen LogP) is 3.25. The average Bonchev–Trinajstić information content (AvgIpc) is 2.65. The Morgan fingerprint density at radius 2 is 1.96 bits per heavy atom. The number of amides is 1. The lowest BCUT2D eigenvalue weighted by Gasteiger charge is -2.26. The number of aryl methyl sites for hydroxylation is 1. The van der Waals surface area contributed by atoms with Crippen LogP contribution in [0, 0.1) is 4.77 Å². The maximum absolute atomic E-state index is 12.7. The number of carbonyl (C=O) groups excluding carboxylic acids is 1. The highest BCUT2D eigenvalue weighted by atomic mass is 32.1. The summed E-state index contributed by atoms with van der Waals surface area (Å²) in [5.41, 5.74) is 2.89. The Morgan fingerprint density at radius 3 is 2.85 bits per heavy atom. The van der Waals surface area contributed by atoms with Gasteiger partial charge >= 0.3 is 0 Å². The standard InChI is InChI=1S/C20H19N3O2S/c24-18(21-16-11-5-7-13-6-1-2-8-14(13)16)12-23-19(25)15-9-3-4-10-17(15)22-20(23)26/h1-4,6,8-10,16H,5,7,11-12H2,(H,21,24)(H,22,26)/t16-/m0/s1. The van der Waals surface area contributed by atoms with Gasteiger partial charge in [-0.15, -0.1) is 0 Å². The molecule has 1 heterocycles.